The van der Waals surface area contributed by atoms with Crippen LogP contribution in [0.5, 0.6) is 11.5 Å². The molecule has 0 aromatic heterocycles. The SMILES string of the molecule is COc1ccc(CN2C(=O)C(=O)c3cc(Cl)cc(Cl)c32)c(OC)c1. The maximum absolute atomic E-state index is 12.4. The summed E-state index contributed by atoms with van der Waals surface area (Å²) in [6, 6.07) is 8.20. The molecule has 5 nitrogen and oxygen atoms in total. The van der Waals surface area contributed by atoms with Crippen LogP contribution in [0.2, 0.25) is 10.0 Å². The lowest BCUT2D eigenvalue weighted by atomic mass is 10.1. The minimum Gasteiger partial charge on any atom is -0.497 e. The van der Waals surface area contributed by atoms with Crippen LogP contribution < -0.4 is 14.4 Å². The summed E-state index contributed by atoms with van der Waals surface area (Å²) in [5.74, 6) is -0.0910. The third-order valence-corrected chi connectivity index (χ3v) is 4.31. The van der Waals surface area contributed by atoms with Crippen LogP contribution >= 0.6 is 23.2 Å². The van der Waals surface area contributed by atoms with Crippen molar-refractivity contribution >= 4 is 40.6 Å². The van der Waals surface area contributed by atoms with E-state index in [-0.39, 0.29) is 17.1 Å². The molecule has 1 amide bonds. The van der Waals surface area contributed by atoms with Crippen LogP contribution in [0, 0.1) is 0 Å². The predicted molar refractivity (Wildman–Crippen MR) is 91.5 cm³/mol. The lowest BCUT2D eigenvalue weighted by Crippen LogP contribution is -2.29. The highest BCUT2D eigenvalue weighted by Gasteiger charge is 2.38. The average molecular weight is 366 g/mol. The second kappa shape index (κ2) is 6.34. The molecule has 0 atom stereocenters. The highest BCUT2D eigenvalue weighted by atomic mass is 35.5. The molecule has 1 heterocycles. The molecule has 0 bridgehead atoms. The average Bonchev–Trinajstić information content (AvgIpc) is 2.80. The Balaban J connectivity index is 2.04. The quantitative estimate of drug-likeness (QED) is 0.774. The molecule has 3 rings (SSSR count). The van der Waals surface area contributed by atoms with Crippen LogP contribution in [0.25, 0.3) is 0 Å². The summed E-state index contributed by atoms with van der Waals surface area (Å²) in [7, 11) is 3.08. The van der Waals surface area contributed by atoms with Gasteiger partial charge in [0.15, 0.2) is 0 Å². The Bertz CT molecular complexity index is 851. The lowest BCUT2D eigenvalue weighted by molar-refractivity contribution is -0.114. The van der Waals surface area contributed by atoms with E-state index in [4.69, 9.17) is 32.7 Å². The van der Waals surface area contributed by atoms with E-state index in [1.54, 1.807) is 25.3 Å². The fourth-order valence-corrected chi connectivity index (χ4v) is 3.25. The molecule has 0 spiro atoms. The van der Waals surface area contributed by atoms with Crippen molar-refractivity contribution < 1.29 is 19.1 Å². The van der Waals surface area contributed by atoms with Crippen molar-refractivity contribution in [1.29, 1.82) is 0 Å². The molecule has 2 aromatic carbocycles. The number of carbonyl (C=O) groups excluding carboxylic acids is 2. The smallest absolute Gasteiger partial charge is 0.299 e. The van der Waals surface area contributed by atoms with Crippen molar-refractivity contribution in [1.82, 2.24) is 0 Å². The van der Waals surface area contributed by atoms with Gasteiger partial charge in [0.05, 0.1) is 37.0 Å². The van der Waals surface area contributed by atoms with Gasteiger partial charge in [0, 0.05) is 16.7 Å². The minimum absolute atomic E-state index is 0.145. The van der Waals surface area contributed by atoms with Crippen LogP contribution in [0.1, 0.15) is 15.9 Å². The molecular weight excluding hydrogens is 353 g/mol. The van der Waals surface area contributed by atoms with Gasteiger partial charge in [-0.05, 0) is 24.3 Å². The summed E-state index contributed by atoms with van der Waals surface area (Å²) in [5.41, 5.74) is 1.30. The number of benzene rings is 2. The second-order valence-electron chi connectivity index (χ2n) is 5.18. The molecule has 1 aliphatic heterocycles. The van der Waals surface area contributed by atoms with Crippen LogP contribution in [-0.4, -0.2) is 25.9 Å². The number of hydrogen-bond donors (Lipinski definition) is 0. The Morgan fingerprint density at radius 1 is 1.04 bits per heavy atom. The number of rotatable bonds is 4. The number of anilines is 1. The number of nitrogens with zero attached hydrogens (tertiary/aromatic N) is 1. The maximum Gasteiger partial charge on any atom is 0.299 e. The topological polar surface area (TPSA) is 55.8 Å². The number of fused-ring (bicyclic) bond motifs is 1. The van der Waals surface area contributed by atoms with Crippen LogP contribution in [0.3, 0.4) is 0 Å². The molecule has 0 N–H and O–H groups in total. The predicted octanol–water partition coefficient (Wildman–Crippen LogP) is 3.74. The second-order valence-corrected chi connectivity index (χ2v) is 6.03. The normalized spacial score (nSPS) is 13.2. The van der Waals surface area contributed by atoms with Gasteiger partial charge in [-0.2, -0.15) is 0 Å². The van der Waals surface area contributed by atoms with E-state index in [9.17, 15) is 9.59 Å². The van der Waals surface area contributed by atoms with Gasteiger partial charge in [-0.3, -0.25) is 14.5 Å². The van der Waals surface area contributed by atoms with Gasteiger partial charge >= 0.3 is 0 Å². The fourth-order valence-electron chi connectivity index (χ4n) is 2.66. The number of ether oxygens (including phenoxy) is 2. The van der Waals surface area contributed by atoms with Gasteiger partial charge in [-0.15, -0.1) is 0 Å². The molecule has 0 fully saturated rings. The number of Topliss-reactive ketones (excluding diaryl/α,β-unsaturated/α-hetero) is 1. The van der Waals surface area contributed by atoms with Crippen molar-refractivity contribution in [3.05, 3.63) is 51.5 Å². The van der Waals surface area contributed by atoms with E-state index in [1.807, 2.05) is 0 Å². The zero-order valence-electron chi connectivity index (χ0n) is 12.9. The van der Waals surface area contributed by atoms with E-state index in [2.05, 4.69) is 0 Å². The highest BCUT2D eigenvalue weighted by molar-refractivity contribution is 6.54. The van der Waals surface area contributed by atoms with Gasteiger partial charge in [0.2, 0.25) is 0 Å². The molecule has 1 aliphatic rings. The van der Waals surface area contributed by atoms with Crippen molar-refractivity contribution in [2.75, 3.05) is 19.1 Å². The Hall–Kier alpha value is -2.24. The summed E-state index contributed by atoms with van der Waals surface area (Å²) in [4.78, 5) is 25.9. The van der Waals surface area contributed by atoms with E-state index in [0.29, 0.717) is 22.2 Å². The van der Waals surface area contributed by atoms with Gasteiger partial charge < -0.3 is 9.47 Å². The molecule has 0 saturated carbocycles. The van der Waals surface area contributed by atoms with E-state index >= 15 is 0 Å². The number of methoxy groups -OCH3 is 2. The number of amides is 1. The van der Waals surface area contributed by atoms with Crippen molar-refractivity contribution in [2.45, 2.75) is 6.54 Å². The van der Waals surface area contributed by atoms with Crippen molar-refractivity contribution in [3.8, 4) is 11.5 Å². The Kier molecular flexibility index (Phi) is 4.39. The fraction of sp³-hybridized carbons (Fsp3) is 0.176. The summed E-state index contributed by atoms with van der Waals surface area (Å²) in [6.45, 7) is 0.145. The van der Waals surface area contributed by atoms with Gasteiger partial charge in [-0.25, -0.2) is 0 Å². The Labute approximate surface area is 148 Å². The van der Waals surface area contributed by atoms with Gasteiger partial charge in [0.1, 0.15) is 11.5 Å². The van der Waals surface area contributed by atoms with Crippen molar-refractivity contribution in [2.24, 2.45) is 0 Å². The van der Waals surface area contributed by atoms with Crippen LogP contribution in [-0.2, 0) is 11.3 Å². The third-order valence-electron chi connectivity index (χ3n) is 3.80. The summed E-state index contributed by atoms with van der Waals surface area (Å²) >= 11 is 12.1. The summed E-state index contributed by atoms with van der Waals surface area (Å²) in [5, 5.41) is 0.563. The van der Waals surface area contributed by atoms with Crippen LogP contribution in [0.4, 0.5) is 5.69 Å². The van der Waals surface area contributed by atoms with E-state index in [1.165, 1.54) is 24.1 Å². The number of ketones is 1. The maximum atomic E-state index is 12.4. The third kappa shape index (κ3) is 2.70. The zero-order chi connectivity index (χ0) is 17.4. The Morgan fingerprint density at radius 2 is 1.79 bits per heavy atom. The van der Waals surface area contributed by atoms with Crippen LogP contribution in [0.15, 0.2) is 30.3 Å². The number of hydrogen-bond acceptors (Lipinski definition) is 4. The summed E-state index contributed by atoms with van der Waals surface area (Å²) < 4.78 is 10.5. The van der Waals surface area contributed by atoms with E-state index in [0.717, 1.165) is 5.56 Å². The number of halogens is 2. The Morgan fingerprint density at radius 3 is 2.46 bits per heavy atom. The molecule has 0 aliphatic carbocycles. The molecule has 0 saturated heterocycles. The monoisotopic (exact) mass is 365 g/mol. The van der Waals surface area contributed by atoms with Crippen molar-refractivity contribution in [3.63, 3.8) is 0 Å². The standard InChI is InChI=1S/C17H13Cl2NO4/c1-23-11-4-3-9(14(7-11)24-2)8-20-15-12(16(21)17(20)22)5-10(18)6-13(15)19/h3-7H,8H2,1-2H3. The van der Waals surface area contributed by atoms with E-state index < -0.39 is 11.7 Å². The first-order chi connectivity index (χ1) is 11.5. The lowest BCUT2D eigenvalue weighted by Gasteiger charge is -2.19. The molecule has 24 heavy (non-hydrogen) atoms. The first kappa shape index (κ1) is 16.6. The molecule has 0 unspecified atom stereocenters. The van der Waals surface area contributed by atoms with Gasteiger partial charge in [-0.1, -0.05) is 23.2 Å². The zero-order valence-corrected chi connectivity index (χ0v) is 14.4. The minimum atomic E-state index is -0.646. The number of carbonyl (C=O) groups is 2. The molecule has 2 aromatic rings. The highest BCUT2D eigenvalue weighted by Crippen LogP contribution is 2.40. The molecule has 7 heteroatoms. The first-order valence-electron chi connectivity index (χ1n) is 7.02. The summed E-state index contributed by atoms with van der Waals surface area (Å²) in [6.07, 6.45) is 0. The van der Waals surface area contributed by atoms with Gasteiger partial charge in [0.25, 0.3) is 11.7 Å². The molecular formula is C17H13Cl2NO4. The largest absolute Gasteiger partial charge is 0.497 e. The molecule has 0 radical (unpaired) electrons. The molecule has 124 valence electrons. The first-order valence-corrected chi connectivity index (χ1v) is 7.78.